The second-order valence-electron chi connectivity index (χ2n) is 4.39. The first-order valence-electron chi connectivity index (χ1n) is 5.84. The van der Waals surface area contributed by atoms with Gasteiger partial charge in [-0.15, -0.1) is 0 Å². The Bertz CT molecular complexity index is 155. The van der Waals surface area contributed by atoms with E-state index in [1.807, 2.05) is 0 Å². The van der Waals surface area contributed by atoms with Gasteiger partial charge in [0.2, 0.25) is 0 Å². The highest BCUT2D eigenvalue weighted by molar-refractivity contribution is 7.99. The first-order valence-corrected chi connectivity index (χ1v) is 6.99. The van der Waals surface area contributed by atoms with Crippen molar-refractivity contribution in [3.05, 3.63) is 0 Å². The van der Waals surface area contributed by atoms with Crippen LogP contribution in [-0.4, -0.2) is 37.3 Å². The third kappa shape index (κ3) is 4.20. The molecule has 1 heterocycles. The monoisotopic (exact) mass is 215 g/mol. The lowest BCUT2D eigenvalue weighted by Crippen LogP contribution is -2.37. The Morgan fingerprint density at radius 3 is 2.93 bits per heavy atom. The van der Waals surface area contributed by atoms with Crippen LogP contribution in [0.4, 0.5) is 0 Å². The average Bonchev–Trinajstić information content (AvgIpc) is 3.03. The fourth-order valence-electron chi connectivity index (χ4n) is 1.77. The van der Waals surface area contributed by atoms with Crippen molar-refractivity contribution in [2.75, 3.05) is 31.3 Å². The molecule has 1 aliphatic carbocycles. The third-order valence-electron chi connectivity index (χ3n) is 2.89. The van der Waals surface area contributed by atoms with E-state index in [4.69, 9.17) is 4.74 Å². The largest absolute Gasteiger partial charge is 0.380 e. The van der Waals surface area contributed by atoms with Crippen LogP contribution in [-0.2, 0) is 4.74 Å². The molecule has 2 aliphatic rings. The van der Waals surface area contributed by atoms with Gasteiger partial charge in [-0.3, -0.25) is 0 Å². The summed E-state index contributed by atoms with van der Waals surface area (Å²) >= 11 is 2.11. The Kier molecular flexibility index (Phi) is 4.61. The Balaban J connectivity index is 1.41. The minimum Gasteiger partial charge on any atom is -0.380 e. The molecule has 0 radical (unpaired) electrons. The fraction of sp³-hybridized carbons (Fsp3) is 1.00. The van der Waals surface area contributed by atoms with E-state index in [-0.39, 0.29) is 0 Å². The number of thioether (sulfide) groups is 1. The standard InChI is InChI=1S/C11H21NOS/c1-2-11(8-13-6-1)12-5-7-14-9-10-3-4-10/h10-12H,1-9H2. The highest BCUT2D eigenvalue weighted by Gasteiger charge is 2.20. The normalized spacial score (nSPS) is 27.9. The maximum absolute atomic E-state index is 5.42. The summed E-state index contributed by atoms with van der Waals surface area (Å²) < 4.78 is 5.42. The summed E-state index contributed by atoms with van der Waals surface area (Å²) in [6.45, 7) is 3.05. The fourth-order valence-corrected chi connectivity index (χ4v) is 2.87. The molecule has 14 heavy (non-hydrogen) atoms. The zero-order chi connectivity index (χ0) is 9.64. The molecule has 1 unspecified atom stereocenters. The van der Waals surface area contributed by atoms with E-state index in [0.29, 0.717) is 6.04 Å². The number of ether oxygens (including phenoxy) is 1. The van der Waals surface area contributed by atoms with Gasteiger partial charge in [0.25, 0.3) is 0 Å². The zero-order valence-corrected chi connectivity index (χ0v) is 9.65. The van der Waals surface area contributed by atoms with Crippen LogP contribution in [0, 0.1) is 5.92 Å². The second kappa shape index (κ2) is 5.99. The highest BCUT2D eigenvalue weighted by Crippen LogP contribution is 2.32. The van der Waals surface area contributed by atoms with Crippen molar-refractivity contribution < 1.29 is 4.74 Å². The van der Waals surface area contributed by atoms with E-state index in [9.17, 15) is 0 Å². The van der Waals surface area contributed by atoms with Crippen molar-refractivity contribution in [1.82, 2.24) is 5.32 Å². The molecule has 0 amide bonds. The smallest absolute Gasteiger partial charge is 0.0619 e. The summed E-state index contributed by atoms with van der Waals surface area (Å²) in [6, 6.07) is 0.630. The Labute approximate surface area is 91.2 Å². The van der Waals surface area contributed by atoms with Gasteiger partial charge in [0.1, 0.15) is 0 Å². The summed E-state index contributed by atoms with van der Waals surface area (Å²) in [6.07, 6.45) is 5.49. The molecule has 3 heteroatoms. The number of hydrogen-bond donors (Lipinski definition) is 1. The molecule has 0 aromatic heterocycles. The van der Waals surface area contributed by atoms with Gasteiger partial charge in [0.15, 0.2) is 0 Å². The topological polar surface area (TPSA) is 21.3 Å². The highest BCUT2D eigenvalue weighted by atomic mass is 32.2. The maximum atomic E-state index is 5.42. The van der Waals surface area contributed by atoms with Gasteiger partial charge in [-0.05, 0) is 37.4 Å². The van der Waals surface area contributed by atoms with Crippen LogP contribution in [0.25, 0.3) is 0 Å². The molecule has 0 bridgehead atoms. The Hall–Kier alpha value is 0.270. The van der Waals surface area contributed by atoms with Crippen LogP contribution < -0.4 is 5.32 Å². The molecule has 2 fully saturated rings. The first-order chi connectivity index (χ1) is 6.95. The van der Waals surface area contributed by atoms with Crippen LogP contribution in [0.3, 0.4) is 0 Å². The van der Waals surface area contributed by atoms with Crippen LogP contribution >= 0.6 is 11.8 Å². The van der Waals surface area contributed by atoms with Gasteiger partial charge >= 0.3 is 0 Å². The van der Waals surface area contributed by atoms with Crippen molar-refractivity contribution in [1.29, 1.82) is 0 Å². The van der Waals surface area contributed by atoms with Crippen molar-refractivity contribution in [3.63, 3.8) is 0 Å². The quantitative estimate of drug-likeness (QED) is 0.684. The zero-order valence-electron chi connectivity index (χ0n) is 8.84. The average molecular weight is 215 g/mol. The first kappa shape index (κ1) is 10.8. The van der Waals surface area contributed by atoms with Gasteiger partial charge < -0.3 is 10.1 Å². The Morgan fingerprint density at radius 1 is 1.29 bits per heavy atom. The van der Waals surface area contributed by atoms with Crippen LogP contribution in [0.15, 0.2) is 0 Å². The van der Waals surface area contributed by atoms with Crippen LogP contribution in [0.2, 0.25) is 0 Å². The van der Waals surface area contributed by atoms with E-state index in [1.54, 1.807) is 0 Å². The minimum atomic E-state index is 0.630. The molecule has 1 aliphatic heterocycles. The number of hydrogen-bond acceptors (Lipinski definition) is 3. The summed E-state index contributed by atoms with van der Waals surface area (Å²) in [5.41, 5.74) is 0. The SMILES string of the molecule is C1COCC(NCCSCC2CC2)C1. The predicted molar refractivity (Wildman–Crippen MR) is 61.9 cm³/mol. The summed E-state index contributed by atoms with van der Waals surface area (Å²) in [5.74, 6) is 3.73. The van der Waals surface area contributed by atoms with Crippen molar-refractivity contribution in [2.45, 2.75) is 31.7 Å². The summed E-state index contributed by atoms with van der Waals surface area (Å²) in [4.78, 5) is 0. The van der Waals surface area contributed by atoms with E-state index < -0.39 is 0 Å². The molecular formula is C11H21NOS. The van der Waals surface area contributed by atoms with E-state index in [2.05, 4.69) is 17.1 Å². The molecule has 2 nitrogen and oxygen atoms in total. The van der Waals surface area contributed by atoms with E-state index in [1.165, 1.54) is 37.2 Å². The molecule has 1 N–H and O–H groups in total. The predicted octanol–water partition coefficient (Wildman–Crippen LogP) is 1.90. The van der Waals surface area contributed by atoms with E-state index >= 15 is 0 Å². The van der Waals surface area contributed by atoms with Gasteiger partial charge in [0, 0.05) is 24.9 Å². The van der Waals surface area contributed by atoms with Crippen LogP contribution in [0.5, 0.6) is 0 Å². The molecule has 1 atom stereocenters. The van der Waals surface area contributed by atoms with Crippen molar-refractivity contribution >= 4 is 11.8 Å². The minimum absolute atomic E-state index is 0.630. The molecule has 1 saturated heterocycles. The molecule has 0 spiro atoms. The summed E-state index contributed by atoms with van der Waals surface area (Å²) in [7, 11) is 0. The lowest BCUT2D eigenvalue weighted by atomic mass is 10.1. The molecule has 82 valence electrons. The molecule has 0 aromatic carbocycles. The molecule has 2 rings (SSSR count). The number of rotatable bonds is 6. The van der Waals surface area contributed by atoms with Gasteiger partial charge in [0.05, 0.1) is 6.61 Å². The lowest BCUT2D eigenvalue weighted by molar-refractivity contribution is 0.0712. The van der Waals surface area contributed by atoms with Crippen molar-refractivity contribution in [3.8, 4) is 0 Å². The van der Waals surface area contributed by atoms with Crippen molar-refractivity contribution in [2.24, 2.45) is 5.92 Å². The Morgan fingerprint density at radius 2 is 2.21 bits per heavy atom. The van der Waals surface area contributed by atoms with Crippen LogP contribution in [0.1, 0.15) is 25.7 Å². The molecule has 1 saturated carbocycles. The third-order valence-corrected chi connectivity index (χ3v) is 4.09. The van der Waals surface area contributed by atoms with Gasteiger partial charge in [-0.1, -0.05) is 0 Å². The van der Waals surface area contributed by atoms with E-state index in [0.717, 1.165) is 25.7 Å². The van der Waals surface area contributed by atoms with Gasteiger partial charge in [-0.25, -0.2) is 0 Å². The lowest BCUT2D eigenvalue weighted by Gasteiger charge is -2.23. The molecular weight excluding hydrogens is 194 g/mol. The molecule has 0 aromatic rings. The summed E-state index contributed by atoms with van der Waals surface area (Å²) in [5, 5.41) is 3.57. The second-order valence-corrected chi connectivity index (χ2v) is 5.54. The van der Waals surface area contributed by atoms with Gasteiger partial charge in [-0.2, -0.15) is 11.8 Å². The maximum Gasteiger partial charge on any atom is 0.0619 e. The number of nitrogens with one attached hydrogen (secondary N) is 1.